The highest BCUT2D eigenvalue weighted by atomic mass is 32.2. The first-order chi connectivity index (χ1) is 9.50. The van der Waals surface area contributed by atoms with Gasteiger partial charge in [-0.05, 0) is 31.9 Å². The lowest BCUT2D eigenvalue weighted by Gasteiger charge is -2.50. The third-order valence-electron chi connectivity index (χ3n) is 4.90. The fourth-order valence-electron chi connectivity index (χ4n) is 3.33. The molecule has 2 fully saturated rings. The second kappa shape index (κ2) is 5.96. The summed E-state index contributed by atoms with van der Waals surface area (Å²) in [5.74, 6) is 2.13. The summed E-state index contributed by atoms with van der Waals surface area (Å²) in [6.07, 6.45) is 4.33. The molecule has 1 saturated carbocycles. The first-order valence-electron chi connectivity index (χ1n) is 7.72. The van der Waals surface area contributed by atoms with Gasteiger partial charge in [0, 0.05) is 12.3 Å². The van der Waals surface area contributed by atoms with Gasteiger partial charge in [-0.1, -0.05) is 26.7 Å². The molecule has 0 radical (unpaired) electrons. The van der Waals surface area contributed by atoms with Crippen molar-refractivity contribution in [3.05, 3.63) is 0 Å². The van der Waals surface area contributed by atoms with E-state index in [2.05, 4.69) is 12.2 Å². The van der Waals surface area contributed by atoms with Gasteiger partial charge in [-0.3, -0.25) is 9.59 Å². The van der Waals surface area contributed by atoms with E-state index in [1.165, 1.54) is 0 Å². The van der Waals surface area contributed by atoms with Crippen LogP contribution in [0.25, 0.3) is 0 Å². The highest BCUT2D eigenvalue weighted by molar-refractivity contribution is 7.99. The topological polar surface area (TPSA) is 49.4 Å². The van der Waals surface area contributed by atoms with E-state index in [1.54, 1.807) is 0 Å². The van der Waals surface area contributed by atoms with Gasteiger partial charge in [0.05, 0.1) is 0 Å². The average Bonchev–Trinajstić information content (AvgIpc) is 2.90. The minimum absolute atomic E-state index is 0.0306. The quantitative estimate of drug-likeness (QED) is 0.792. The Balaban J connectivity index is 2.24. The van der Waals surface area contributed by atoms with Crippen molar-refractivity contribution in [1.82, 2.24) is 10.2 Å². The molecule has 1 N–H and O–H groups in total. The predicted molar refractivity (Wildman–Crippen MR) is 82.7 cm³/mol. The van der Waals surface area contributed by atoms with Crippen LogP contribution in [0, 0.1) is 0 Å². The normalized spacial score (nSPS) is 29.1. The molecule has 20 heavy (non-hydrogen) atoms. The van der Waals surface area contributed by atoms with Gasteiger partial charge in [0.25, 0.3) is 0 Å². The van der Waals surface area contributed by atoms with Gasteiger partial charge in [-0.25, -0.2) is 0 Å². The Bertz CT molecular complexity index is 393. The monoisotopic (exact) mass is 298 g/mol. The highest BCUT2D eigenvalue weighted by Gasteiger charge is 2.56. The summed E-state index contributed by atoms with van der Waals surface area (Å²) >= 11 is 1.82. The van der Waals surface area contributed by atoms with Crippen molar-refractivity contribution in [2.45, 2.75) is 64.0 Å². The number of carbonyl (C=O) groups is 2. The van der Waals surface area contributed by atoms with Crippen LogP contribution in [0.3, 0.4) is 0 Å². The molecule has 5 heteroatoms. The van der Waals surface area contributed by atoms with E-state index < -0.39 is 11.1 Å². The zero-order valence-electron chi connectivity index (χ0n) is 12.8. The van der Waals surface area contributed by atoms with E-state index in [0.29, 0.717) is 13.0 Å². The summed E-state index contributed by atoms with van der Waals surface area (Å²) in [6, 6.07) is 0. The van der Waals surface area contributed by atoms with E-state index in [0.717, 1.165) is 37.2 Å². The largest absolute Gasteiger partial charge is 0.340 e. The first-order valence-corrected chi connectivity index (χ1v) is 8.88. The van der Waals surface area contributed by atoms with Crippen LogP contribution in [0.1, 0.15) is 52.9 Å². The lowest BCUT2D eigenvalue weighted by atomic mass is 9.83. The fourth-order valence-corrected chi connectivity index (χ4v) is 3.93. The van der Waals surface area contributed by atoms with Crippen molar-refractivity contribution in [2.75, 3.05) is 18.1 Å². The minimum atomic E-state index is -0.681. The minimum Gasteiger partial charge on any atom is -0.340 e. The van der Waals surface area contributed by atoms with E-state index in [9.17, 15) is 9.59 Å². The molecule has 2 aliphatic rings. The maximum absolute atomic E-state index is 13.0. The van der Waals surface area contributed by atoms with Crippen LogP contribution in [-0.4, -0.2) is 45.8 Å². The Hall–Kier alpha value is -0.710. The van der Waals surface area contributed by atoms with E-state index in [1.807, 2.05) is 30.5 Å². The van der Waals surface area contributed by atoms with Gasteiger partial charge < -0.3 is 10.2 Å². The molecule has 1 aliphatic carbocycles. The Kier molecular flexibility index (Phi) is 4.67. The molecule has 0 aromatic heterocycles. The Morgan fingerprint density at radius 1 is 1.25 bits per heavy atom. The number of carbonyl (C=O) groups excluding carboxylic acids is 2. The molecule has 2 rings (SSSR count). The zero-order chi connectivity index (χ0) is 14.8. The molecular weight excluding hydrogens is 272 g/mol. The van der Waals surface area contributed by atoms with Crippen LogP contribution in [0.4, 0.5) is 0 Å². The summed E-state index contributed by atoms with van der Waals surface area (Å²) in [5.41, 5.74) is -1.28. The maximum Gasteiger partial charge on any atom is 0.249 e. The third-order valence-corrected chi connectivity index (χ3v) is 5.78. The summed E-state index contributed by atoms with van der Waals surface area (Å²) < 4.78 is 0. The number of hydrogen-bond acceptors (Lipinski definition) is 3. The van der Waals surface area contributed by atoms with Crippen molar-refractivity contribution in [2.24, 2.45) is 0 Å². The molecule has 1 unspecified atom stereocenters. The van der Waals surface area contributed by atoms with Crippen molar-refractivity contribution in [3.63, 3.8) is 0 Å². The number of hydrogen-bond donors (Lipinski definition) is 1. The Morgan fingerprint density at radius 3 is 2.45 bits per heavy atom. The molecule has 1 spiro atoms. The molecule has 1 atom stereocenters. The van der Waals surface area contributed by atoms with Crippen molar-refractivity contribution < 1.29 is 9.59 Å². The fraction of sp³-hybridized carbons (Fsp3) is 0.867. The zero-order valence-corrected chi connectivity index (χ0v) is 13.6. The van der Waals surface area contributed by atoms with Crippen LogP contribution < -0.4 is 5.32 Å². The lowest BCUT2D eigenvalue weighted by Crippen LogP contribution is -2.74. The second-order valence-corrected chi connectivity index (χ2v) is 7.42. The summed E-state index contributed by atoms with van der Waals surface area (Å²) in [5, 5.41) is 3.07. The number of nitrogens with zero attached hydrogens (tertiary/aromatic N) is 1. The number of amides is 2. The van der Waals surface area contributed by atoms with Gasteiger partial charge >= 0.3 is 0 Å². The van der Waals surface area contributed by atoms with E-state index in [4.69, 9.17) is 0 Å². The van der Waals surface area contributed by atoms with Gasteiger partial charge in [0.1, 0.15) is 11.1 Å². The van der Waals surface area contributed by atoms with Crippen LogP contribution in [-0.2, 0) is 9.59 Å². The van der Waals surface area contributed by atoms with Gasteiger partial charge in [0.2, 0.25) is 11.8 Å². The van der Waals surface area contributed by atoms with Crippen LogP contribution in [0.2, 0.25) is 0 Å². The maximum atomic E-state index is 13.0. The number of nitrogens with one attached hydrogen (secondary N) is 1. The predicted octanol–water partition coefficient (Wildman–Crippen LogP) is 2.18. The molecule has 0 aromatic carbocycles. The van der Waals surface area contributed by atoms with E-state index in [-0.39, 0.29) is 11.8 Å². The van der Waals surface area contributed by atoms with E-state index >= 15 is 0 Å². The number of thioether (sulfide) groups is 1. The Labute approximate surface area is 126 Å². The van der Waals surface area contributed by atoms with Gasteiger partial charge in [-0.15, -0.1) is 0 Å². The second-order valence-electron chi connectivity index (χ2n) is 6.02. The lowest BCUT2D eigenvalue weighted by molar-refractivity contribution is -0.161. The summed E-state index contributed by atoms with van der Waals surface area (Å²) in [4.78, 5) is 27.4. The first kappa shape index (κ1) is 15.7. The summed E-state index contributed by atoms with van der Waals surface area (Å²) in [6.45, 7) is 6.68. The van der Waals surface area contributed by atoms with Gasteiger partial charge in [-0.2, -0.15) is 11.8 Å². The molecule has 1 saturated heterocycles. The molecule has 4 nitrogen and oxygen atoms in total. The number of rotatable bonds is 5. The van der Waals surface area contributed by atoms with Crippen molar-refractivity contribution in [3.8, 4) is 0 Å². The molecular formula is C15H26N2O2S. The molecule has 2 amide bonds. The molecule has 114 valence electrons. The molecule has 0 aromatic rings. The standard InChI is InChI=1S/C15H26N2O2S/c1-4-14(3)12(18)16-15(8-6-7-9-15)13(19)17(14)10-11-20-5-2/h4-11H2,1-3H3,(H,16,18). The van der Waals surface area contributed by atoms with Crippen molar-refractivity contribution >= 4 is 23.6 Å². The van der Waals surface area contributed by atoms with Crippen LogP contribution in [0.5, 0.6) is 0 Å². The number of piperazine rings is 1. The highest BCUT2D eigenvalue weighted by Crippen LogP contribution is 2.38. The Morgan fingerprint density at radius 2 is 1.90 bits per heavy atom. The molecule has 0 bridgehead atoms. The molecule has 1 heterocycles. The SMILES string of the molecule is CCSCCN1C(=O)C2(CCCC2)NC(=O)C1(C)CC. The smallest absolute Gasteiger partial charge is 0.249 e. The van der Waals surface area contributed by atoms with Gasteiger partial charge in [0.15, 0.2) is 0 Å². The third kappa shape index (κ3) is 2.45. The van der Waals surface area contributed by atoms with Crippen LogP contribution in [0.15, 0.2) is 0 Å². The molecule has 1 aliphatic heterocycles. The van der Waals surface area contributed by atoms with Crippen molar-refractivity contribution in [1.29, 1.82) is 0 Å². The van der Waals surface area contributed by atoms with Crippen LogP contribution >= 0.6 is 11.8 Å². The average molecular weight is 298 g/mol. The summed E-state index contributed by atoms with van der Waals surface area (Å²) in [7, 11) is 0.